The Morgan fingerprint density at radius 1 is 1.37 bits per heavy atom. The van der Waals surface area contributed by atoms with Crippen molar-refractivity contribution in [3.8, 4) is 11.5 Å². The first-order valence-corrected chi connectivity index (χ1v) is 6.72. The summed E-state index contributed by atoms with van der Waals surface area (Å²) in [5, 5.41) is 2.88. The van der Waals surface area contributed by atoms with Gasteiger partial charge in [0.1, 0.15) is 11.5 Å². The van der Waals surface area contributed by atoms with Gasteiger partial charge in [0, 0.05) is 18.5 Å². The third kappa shape index (κ3) is 4.63. The minimum Gasteiger partial charge on any atom is -0.497 e. The van der Waals surface area contributed by atoms with E-state index in [0.717, 1.165) is 6.42 Å². The summed E-state index contributed by atoms with van der Waals surface area (Å²) < 4.78 is 10.3. The number of halogens is 1. The van der Waals surface area contributed by atoms with Crippen molar-refractivity contribution in [2.45, 2.75) is 13.3 Å². The molecule has 0 spiro atoms. The van der Waals surface area contributed by atoms with Crippen LogP contribution < -0.4 is 14.8 Å². The summed E-state index contributed by atoms with van der Waals surface area (Å²) in [7, 11) is 3.10. The summed E-state index contributed by atoms with van der Waals surface area (Å²) in [5.74, 6) is 1.96. The lowest BCUT2D eigenvalue weighted by atomic mass is 10.1. The van der Waals surface area contributed by atoms with E-state index in [4.69, 9.17) is 21.1 Å². The summed E-state index contributed by atoms with van der Waals surface area (Å²) in [6, 6.07) is 5.12. The highest BCUT2D eigenvalue weighted by Crippen LogP contribution is 2.24. The molecule has 0 saturated heterocycles. The van der Waals surface area contributed by atoms with Crippen molar-refractivity contribution in [2.24, 2.45) is 5.92 Å². The molecule has 0 bridgehead atoms. The summed E-state index contributed by atoms with van der Waals surface area (Å²) in [6.45, 7) is 2.65. The molecule has 0 aromatic heterocycles. The number of ether oxygens (including phenoxy) is 2. The summed E-state index contributed by atoms with van der Waals surface area (Å²) in [6.07, 6.45) is 0.877. The van der Waals surface area contributed by atoms with Crippen LogP contribution in [0.5, 0.6) is 11.5 Å². The van der Waals surface area contributed by atoms with Gasteiger partial charge in [0.25, 0.3) is 5.91 Å². The number of carbonyl (C=O) groups excluding carboxylic acids is 1. The maximum Gasteiger partial charge on any atom is 0.255 e. The standard InChI is InChI=1S/C14H20ClNO3/c1-10(6-7-15)9-16-14(17)12-5-4-11(18-2)8-13(12)19-3/h4-5,8,10H,6-7,9H2,1-3H3,(H,16,17). The van der Waals surface area contributed by atoms with Gasteiger partial charge in [-0.2, -0.15) is 0 Å². The lowest BCUT2D eigenvalue weighted by Crippen LogP contribution is -2.28. The van der Waals surface area contributed by atoms with Crippen LogP contribution in [-0.2, 0) is 0 Å². The molecule has 1 rings (SSSR count). The summed E-state index contributed by atoms with van der Waals surface area (Å²) in [5.41, 5.74) is 0.501. The Kier molecular flexibility index (Phi) is 6.50. The predicted molar refractivity (Wildman–Crippen MR) is 76.4 cm³/mol. The molecule has 4 nitrogen and oxygen atoms in total. The zero-order chi connectivity index (χ0) is 14.3. The molecule has 1 unspecified atom stereocenters. The van der Waals surface area contributed by atoms with Crippen LogP contribution in [0.25, 0.3) is 0 Å². The van der Waals surface area contributed by atoms with Crippen LogP contribution in [0.1, 0.15) is 23.7 Å². The van der Waals surface area contributed by atoms with Gasteiger partial charge in [-0.15, -0.1) is 11.6 Å². The fourth-order valence-electron chi connectivity index (χ4n) is 1.64. The van der Waals surface area contributed by atoms with Gasteiger partial charge in [-0.3, -0.25) is 4.79 Å². The third-order valence-electron chi connectivity index (χ3n) is 2.87. The second-order valence-corrected chi connectivity index (χ2v) is 4.74. The van der Waals surface area contributed by atoms with E-state index in [1.165, 1.54) is 7.11 Å². The predicted octanol–water partition coefficient (Wildman–Crippen LogP) is 2.70. The first-order chi connectivity index (χ1) is 9.12. The van der Waals surface area contributed by atoms with E-state index in [1.54, 1.807) is 25.3 Å². The number of hydrogen-bond donors (Lipinski definition) is 1. The SMILES string of the molecule is COc1ccc(C(=O)NCC(C)CCCl)c(OC)c1. The second-order valence-electron chi connectivity index (χ2n) is 4.36. The quantitative estimate of drug-likeness (QED) is 0.784. The molecule has 1 amide bonds. The van der Waals surface area contributed by atoms with Crippen LogP contribution in [-0.4, -0.2) is 32.6 Å². The molecule has 1 aromatic carbocycles. The number of carbonyl (C=O) groups is 1. The fraction of sp³-hybridized carbons (Fsp3) is 0.500. The van der Waals surface area contributed by atoms with Crippen LogP contribution >= 0.6 is 11.6 Å². The van der Waals surface area contributed by atoms with E-state index < -0.39 is 0 Å². The van der Waals surface area contributed by atoms with Gasteiger partial charge in [0.2, 0.25) is 0 Å². The smallest absolute Gasteiger partial charge is 0.255 e. The average Bonchev–Trinajstić information content (AvgIpc) is 2.44. The molecule has 0 heterocycles. The van der Waals surface area contributed by atoms with Crippen molar-refractivity contribution in [1.29, 1.82) is 0 Å². The Balaban J connectivity index is 2.71. The Hall–Kier alpha value is -1.42. The third-order valence-corrected chi connectivity index (χ3v) is 3.08. The molecule has 0 radical (unpaired) electrons. The molecular formula is C14H20ClNO3. The number of benzene rings is 1. The number of hydrogen-bond acceptors (Lipinski definition) is 3. The van der Waals surface area contributed by atoms with E-state index in [0.29, 0.717) is 35.4 Å². The van der Waals surface area contributed by atoms with E-state index in [2.05, 4.69) is 5.32 Å². The molecule has 5 heteroatoms. The molecule has 1 N–H and O–H groups in total. The monoisotopic (exact) mass is 285 g/mol. The molecule has 19 heavy (non-hydrogen) atoms. The zero-order valence-electron chi connectivity index (χ0n) is 11.5. The number of amides is 1. The topological polar surface area (TPSA) is 47.6 Å². The van der Waals surface area contributed by atoms with E-state index >= 15 is 0 Å². The van der Waals surface area contributed by atoms with Gasteiger partial charge in [-0.25, -0.2) is 0 Å². The van der Waals surface area contributed by atoms with Crippen LogP contribution in [0.2, 0.25) is 0 Å². The number of methoxy groups -OCH3 is 2. The molecule has 106 valence electrons. The van der Waals surface area contributed by atoms with Crippen molar-refractivity contribution in [3.63, 3.8) is 0 Å². The van der Waals surface area contributed by atoms with Crippen LogP contribution in [0.15, 0.2) is 18.2 Å². The van der Waals surface area contributed by atoms with Crippen molar-refractivity contribution in [2.75, 3.05) is 26.6 Å². The van der Waals surface area contributed by atoms with Gasteiger partial charge < -0.3 is 14.8 Å². The maximum atomic E-state index is 12.1. The first kappa shape index (κ1) is 15.6. The Morgan fingerprint density at radius 3 is 2.68 bits per heavy atom. The number of alkyl halides is 1. The maximum absolute atomic E-state index is 12.1. The first-order valence-electron chi connectivity index (χ1n) is 6.18. The van der Waals surface area contributed by atoms with E-state index in [9.17, 15) is 4.79 Å². The largest absolute Gasteiger partial charge is 0.497 e. The van der Waals surface area contributed by atoms with E-state index in [-0.39, 0.29) is 5.91 Å². The van der Waals surface area contributed by atoms with Crippen LogP contribution in [0.4, 0.5) is 0 Å². The molecule has 1 atom stereocenters. The minimum absolute atomic E-state index is 0.152. The van der Waals surface area contributed by atoms with Crippen molar-refractivity contribution in [1.82, 2.24) is 5.32 Å². The minimum atomic E-state index is -0.152. The number of nitrogens with one attached hydrogen (secondary N) is 1. The highest BCUT2D eigenvalue weighted by atomic mass is 35.5. The van der Waals surface area contributed by atoms with Crippen LogP contribution in [0.3, 0.4) is 0 Å². The Labute approximate surface area is 119 Å². The van der Waals surface area contributed by atoms with E-state index in [1.807, 2.05) is 6.92 Å². The molecular weight excluding hydrogens is 266 g/mol. The molecule has 0 aliphatic heterocycles. The Bertz CT molecular complexity index is 423. The van der Waals surface area contributed by atoms with Gasteiger partial charge in [0.05, 0.1) is 19.8 Å². The Morgan fingerprint density at radius 2 is 2.11 bits per heavy atom. The molecule has 1 aromatic rings. The molecule has 0 aliphatic rings. The fourth-order valence-corrected chi connectivity index (χ4v) is 2.01. The van der Waals surface area contributed by atoms with Crippen molar-refractivity contribution < 1.29 is 14.3 Å². The zero-order valence-corrected chi connectivity index (χ0v) is 12.3. The lowest BCUT2D eigenvalue weighted by Gasteiger charge is -2.13. The summed E-state index contributed by atoms with van der Waals surface area (Å²) >= 11 is 5.66. The normalized spacial score (nSPS) is 11.8. The highest BCUT2D eigenvalue weighted by molar-refractivity contribution is 6.17. The van der Waals surface area contributed by atoms with Gasteiger partial charge in [-0.05, 0) is 24.5 Å². The number of rotatable bonds is 7. The van der Waals surface area contributed by atoms with Crippen molar-refractivity contribution >= 4 is 17.5 Å². The summed E-state index contributed by atoms with van der Waals surface area (Å²) in [4.78, 5) is 12.1. The highest BCUT2D eigenvalue weighted by Gasteiger charge is 2.13. The lowest BCUT2D eigenvalue weighted by molar-refractivity contribution is 0.0945. The average molecular weight is 286 g/mol. The van der Waals surface area contributed by atoms with Gasteiger partial charge in [0.15, 0.2) is 0 Å². The van der Waals surface area contributed by atoms with Crippen molar-refractivity contribution in [3.05, 3.63) is 23.8 Å². The van der Waals surface area contributed by atoms with Crippen LogP contribution in [0, 0.1) is 5.92 Å². The second kappa shape index (κ2) is 7.89. The molecule has 0 aliphatic carbocycles. The van der Waals surface area contributed by atoms with Gasteiger partial charge in [-0.1, -0.05) is 6.92 Å². The van der Waals surface area contributed by atoms with Gasteiger partial charge >= 0.3 is 0 Å². The molecule has 0 fully saturated rings. The molecule has 0 saturated carbocycles.